The number of nitrogens with one attached hydrogen (secondary N) is 1. The average molecular weight is 608 g/mol. The average Bonchev–Trinajstić information content (AvgIpc) is 3.73. The fourth-order valence-electron chi connectivity index (χ4n) is 4.96. The van der Waals surface area contributed by atoms with Gasteiger partial charge in [0.05, 0.1) is 48.7 Å². The number of ether oxygens (including phenoxy) is 1. The van der Waals surface area contributed by atoms with Crippen molar-refractivity contribution in [1.82, 2.24) is 39.5 Å². The number of amides is 1. The Hall–Kier alpha value is -4.59. The maximum atomic E-state index is 13.5. The van der Waals surface area contributed by atoms with Crippen LogP contribution in [0.25, 0.3) is 28.2 Å². The zero-order chi connectivity index (χ0) is 29.4. The Kier molecular flexibility index (Phi) is 7.45. The van der Waals surface area contributed by atoms with Gasteiger partial charge in [-0.05, 0) is 36.8 Å². The van der Waals surface area contributed by atoms with E-state index < -0.39 is 6.09 Å². The summed E-state index contributed by atoms with van der Waals surface area (Å²) in [5, 5.41) is 18.1. The number of fused-ring (bicyclic) bond motifs is 1. The number of pyridine rings is 1. The van der Waals surface area contributed by atoms with Gasteiger partial charge in [-0.1, -0.05) is 28.4 Å². The molecule has 42 heavy (non-hydrogen) atoms. The van der Waals surface area contributed by atoms with E-state index in [0.29, 0.717) is 52.2 Å². The van der Waals surface area contributed by atoms with Crippen LogP contribution >= 0.6 is 23.2 Å². The molecule has 0 spiro atoms. The lowest BCUT2D eigenvalue weighted by Crippen LogP contribution is -2.33. The zero-order valence-electron chi connectivity index (χ0n) is 22.1. The van der Waals surface area contributed by atoms with Gasteiger partial charge < -0.3 is 14.8 Å². The maximum Gasteiger partial charge on any atom is 0.413 e. The molecule has 214 valence electrons. The third-order valence-corrected chi connectivity index (χ3v) is 7.33. The zero-order valence-corrected chi connectivity index (χ0v) is 23.6. The van der Waals surface area contributed by atoms with Gasteiger partial charge in [0.1, 0.15) is 17.5 Å². The van der Waals surface area contributed by atoms with Gasteiger partial charge in [-0.2, -0.15) is 0 Å². The molecular weight excluding hydrogens is 585 g/mol. The lowest BCUT2D eigenvalue weighted by molar-refractivity contribution is 0.186. The summed E-state index contributed by atoms with van der Waals surface area (Å²) < 4.78 is 8.14. The van der Waals surface area contributed by atoms with Crippen LogP contribution in [0.1, 0.15) is 24.1 Å². The minimum absolute atomic E-state index is 0.158. The molecule has 15 heteroatoms. The summed E-state index contributed by atoms with van der Waals surface area (Å²) in [6.07, 6.45) is 4.88. The molecule has 1 amide bonds. The van der Waals surface area contributed by atoms with Gasteiger partial charge in [0.2, 0.25) is 0 Å². The summed E-state index contributed by atoms with van der Waals surface area (Å²) in [5.41, 5.74) is 2.88. The number of benzene rings is 1. The fraction of sp³-hybridized carbons (Fsp3) is 0.222. The Bertz CT molecular complexity index is 1830. The highest BCUT2D eigenvalue weighted by Crippen LogP contribution is 2.33. The highest BCUT2D eigenvalue weighted by atomic mass is 35.5. The number of imidazole rings is 1. The van der Waals surface area contributed by atoms with Gasteiger partial charge in [-0.15, -0.1) is 5.10 Å². The van der Waals surface area contributed by atoms with E-state index in [1.165, 1.54) is 17.9 Å². The van der Waals surface area contributed by atoms with Crippen LogP contribution in [0, 0.1) is 0 Å². The minimum atomic E-state index is -1.12. The second-order valence-corrected chi connectivity index (χ2v) is 10.3. The second-order valence-electron chi connectivity index (χ2n) is 9.48. The molecule has 0 saturated heterocycles. The van der Waals surface area contributed by atoms with E-state index in [-0.39, 0.29) is 35.7 Å². The molecule has 1 aromatic carbocycles. The highest BCUT2D eigenvalue weighted by molar-refractivity contribution is 6.31. The van der Waals surface area contributed by atoms with Crippen molar-refractivity contribution < 1.29 is 14.6 Å². The molecule has 4 aromatic heterocycles. The van der Waals surface area contributed by atoms with Crippen LogP contribution in [0.5, 0.6) is 0 Å². The third kappa shape index (κ3) is 5.24. The number of carboxylic acid groups (broad SMARTS) is 1. The van der Waals surface area contributed by atoms with Gasteiger partial charge in [-0.25, -0.2) is 24.4 Å². The Morgan fingerprint density at radius 1 is 1.19 bits per heavy atom. The Morgan fingerprint density at radius 3 is 2.76 bits per heavy atom. The molecular formula is C27H23Cl2N9O4. The molecule has 5 heterocycles. The SMILES string of the molecule is COCCN(C(=O)O)c1ccc(-c2cnc([C@@H]3CCc4nc(-c5cc(Cl)ccc5-n5cc(Cl)nn5)cc(=O)n43)[nH]2)cn1. The van der Waals surface area contributed by atoms with Crippen molar-refractivity contribution in [3.05, 3.63) is 87.2 Å². The monoisotopic (exact) mass is 607 g/mol. The summed E-state index contributed by atoms with van der Waals surface area (Å²) in [6, 6.07) is 9.73. The molecule has 1 aliphatic rings. The number of aromatic amines is 1. The van der Waals surface area contributed by atoms with Crippen LogP contribution in [0.3, 0.4) is 0 Å². The van der Waals surface area contributed by atoms with Crippen molar-refractivity contribution in [1.29, 1.82) is 0 Å². The first kappa shape index (κ1) is 27.6. The molecule has 0 radical (unpaired) electrons. The van der Waals surface area contributed by atoms with E-state index in [2.05, 4.69) is 25.3 Å². The molecule has 1 atom stereocenters. The summed E-state index contributed by atoms with van der Waals surface area (Å²) in [5.74, 6) is 1.52. The van der Waals surface area contributed by atoms with Crippen LogP contribution in [0.4, 0.5) is 10.6 Å². The number of H-pyrrole nitrogens is 1. The van der Waals surface area contributed by atoms with E-state index in [4.69, 9.17) is 32.9 Å². The summed E-state index contributed by atoms with van der Waals surface area (Å²) in [7, 11) is 1.50. The summed E-state index contributed by atoms with van der Waals surface area (Å²) in [6.45, 7) is 0.403. The number of aryl methyl sites for hydroxylation is 1. The Morgan fingerprint density at radius 2 is 2.05 bits per heavy atom. The topological polar surface area (TPSA) is 157 Å². The van der Waals surface area contributed by atoms with Gasteiger partial charge in [-0.3, -0.25) is 14.3 Å². The van der Waals surface area contributed by atoms with E-state index in [1.54, 1.807) is 53.5 Å². The lowest BCUT2D eigenvalue weighted by atomic mass is 10.1. The normalized spacial score (nSPS) is 14.2. The van der Waals surface area contributed by atoms with Gasteiger partial charge in [0, 0.05) is 41.9 Å². The molecule has 2 N–H and O–H groups in total. The number of halogens is 2. The number of hydrogen-bond acceptors (Lipinski definition) is 8. The highest BCUT2D eigenvalue weighted by Gasteiger charge is 2.29. The largest absolute Gasteiger partial charge is 0.465 e. The Balaban J connectivity index is 1.28. The number of carbonyl (C=O) groups is 1. The molecule has 0 bridgehead atoms. The minimum Gasteiger partial charge on any atom is -0.465 e. The van der Waals surface area contributed by atoms with Crippen molar-refractivity contribution in [2.75, 3.05) is 25.2 Å². The number of anilines is 1. The molecule has 5 aromatic rings. The fourth-order valence-corrected chi connectivity index (χ4v) is 5.26. The predicted octanol–water partition coefficient (Wildman–Crippen LogP) is 4.25. The first-order valence-electron chi connectivity index (χ1n) is 12.8. The summed E-state index contributed by atoms with van der Waals surface area (Å²) >= 11 is 12.3. The number of rotatable bonds is 8. The van der Waals surface area contributed by atoms with Crippen LogP contribution in [0.15, 0.2) is 59.8 Å². The van der Waals surface area contributed by atoms with Gasteiger partial charge >= 0.3 is 6.09 Å². The van der Waals surface area contributed by atoms with E-state index in [1.807, 2.05) is 0 Å². The van der Waals surface area contributed by atoms with Gasteiger partial charge in [0.15, 0.2) is 5.15 Å². The van der Waals surface area contributed by atoms with Crippen LogP contribution in [-0.2, 0) is 11.2 Å². The molecule has 0 fully saturated rings. The van der Waals surface area contributed by atoms with Crippen LogP contribution in [0.2, 0.25) is 10.2 Å². The molecule has 0 saturated carbocycles. The number of aromatic nitrogens is 8. The second kappa shape index (κ2) is 11.4. The quantitative estimate of drug-likeness (QED) is 0.263. The molecule has 1 aliphatic heterocycles. The number of nitrogens with zero attached hydrogens (tertiary/aromatic N) is 8. The first-order valence-corrected chi connectivity index (χ1v) is 13.6. The lowest BCUT2D eigenvalue weighted by Gasteiger charge is -2.17. The van der Waals surface area contributed by atoms with E-state index in [0.717, 1.165) is 10.5 Å². The van der Waals surface area contributed by atoms with Crippen LogP contribution in [-0.4, -0.2) is 71.0 Å². The van der Waals surface area contributed by atoms with Crippen molar-refractivity contribution in [3.63, 3.8) is 0 Å². The van der Waals surface area contributed by atoms with Crippen molar-refractivity contribution >= 4 is 35.1 Å². The molecule has 13 nitrogen and oxygen atoms in total. The van der Waals surface area contributed by atoms with Crippen molar-refractivity contribution in [3.8, 4) is 28.2 Å². The standard InChI is InChI=1S/C27H23Cl2N9O4/c1-42-9-8-36(27(40)41)23-6-2-15(12-30-23)19-13-31-26(33-19)21-5-7-24-32-18(11-25(39)38(21)24)17-10-16(28)3-4-20(17)37-14-22(29)34-35-37/h2-4,6,10-14,21H,5,7-9H2,1H3,(H,31,33)(H,40,41)/t21-/m0/s1. The van der Waals surface area contributed by atoms with E-state index in [9.17, 15) is 14.7 Å². The number of hydrogen-bond donors (Lipinski definition) is 2. The third-order valence-electron chi connectivity index (χ3n) is 6.92. The predicted molar refractivity (Wildman–Crippen MR) is 154 cm³/mol. The maximum absolute atomic E-state index is 13.5. The first-order chi connectivity index (χ1) is 20.3. The smallest absolute Gasteiger partial charge is 0.413 e. The number of methoxy groups -OCH3 is 1. The molecule has 0 unspecified atom stereocenters. The summed E-state index contributed by atoms with van der Waals surface area (Å²) in [4.78, 5) is 43.1. The molecule has 0 aliphatic carbocycles. The van der Waals surface area contributed by atoms with Crippen molar-refractivity contribution in [2.45, 2.75) is 18.9 Å². The molecule has 6 rings (SSSR count). The Labute approximate surface area is 248 Å². The van der Waals surface area contributed by atoms with Crippen LogP contribution < -0.4 is 10.5 Å². The van der Waals surface area contributed by atoms with Gasteiger partial charge in [0.25, 0.3) is 5.56 Å². The van der Waals surface area contributed by atoms with E-state index >= 15 is 0 Å². The van der Waals surface area contributed by atoms with Crippen molar-refractivity contribution in [2.24, 2.45) is 0 Å².